The summed E-state index contributed by atoms with van der Waals surface area (Å²) in [5, 5.41) is 9.39. The highest BCUT2D eigenvalue weighted by molar-refractivity contribution is 7.99. The number of rotatable bonds is 5. The number of hydrogen-bond donors (Lipinski definition) is 1. The first kappa shape index (κ1) is 14.4. The molecule has 0 radical (unpaired) electrons. The van der Waals surface area contributed by atoms with E-state index >= 15 is 0 Å². The molecule has 1 heterocycles. The molecule has 2 aliphatic rings. The molecule has 0 amide bonds. The molecule has 3 heteroatoms. The second-order valence-corrected chi connectivity index (χ2v) is 7.12. The van der Waals surface area contributed by atoms with Crippen molar-refractivity contribution in [3.05, 3.63) is 29.8 Å². The van der Waals surface area contributed by atoms with Crippen LogP contribution in [0.5, 0.6) is 0 Å². The highest BCUT2D eigenvalue weighted by Crippen LogP contribution is 2.40. The molecule has 20 heavy (non-hydrogen) atoms. The molecule has 1 aromatic carbocycles. The number of fused-ring (bicyclic) bond motifs is 1. The number of aliphatic hydroxyl groups excluding tert-OH is 1. The Bertz CT molecular complexity index is 431. The van der Waals surface area contributed by atoms with Gasteiger partial charge in [0, 0.05) is 35.7 Å². The monoisotopic (exact) mass is 291 g/mol. The van der Waals surface area contributed by atoms with Gasteiger partial charge in [-0.1, -0.05) is 37.5 Å². The topological polar surface area (TPSA) is 23.5 Å². The number of benzene rings is 1. The van der Waals surface area contributed by atoms with Crippen LogP contribution < -0.4 is 0 Å². The molecular weight excluding hydrogens is 266 g/mol. The van der Waals surface area contributed by atoms with E-state index in [-0.39, 0.29) is 6.61 Å². The molecule has 1 aliphatic carbocycles. The van der Waals surface area contributed by atoms with Crippen LogP contribution in [0.2, 0.25) is 0 Å². The third kappa shape index (κ3) is 3.21. The largest absolute Gasteiger partial charge is 0.395 e. The fraction of sp³-hybridized carbons (Fsp3) is 0.647. The van der Waals surface area contributed by atoms with E-state index in [1.165, 1.54) is 48.3 Å². The Kier molecular flexibility index (Phi) is 5.03. The molecule has 110 valence electrons. The van der Waals surface area contributed by atoms with Gasteiger partial charge in [0.15, 0.2) is 0 Å². The maximum atomic E-state index is 9.39. The van der Waals surface area contributed by atoms with E-state index in [0.717, 1.165) is 13.1 Å². The van der Waals surface area contributed by atoms with Gasteiger partial charge in [-0.15, -0.1) is 11.8 Å². The van der Waals surface area contributed by atoms with Crippen LogP contribution in [0.25, 0.3) is 0 Å². The average molecular weight is 291 g/mol. The van der Waals surface area contributed by atoms with E-state index in [1.807, 2.05) is 11.8 Å². The zero-order valence-electron chi connectivity index (χ0n) is 12.1. The SMILES string of the molecule is OCCN(CC1CSc2ccccc21)C1CCCCC1. The molecule has 0 saturated heterocycles. The third-order valence-corrected chi connectivity index (χ3v) is 5.98. The lowest BCUT2D eigenvalue weighted by molar-refractivity contribution is 0.119. The summed E-state index contributed by atoms with van der Waals surface area (Å²) in [5.74, 6) is 1.85. The van der Waals surface area contributed by atoms with Crippen molar-refractivity contribution in [1.29, 1.82) is 0 Å². The number of hydrogen-bond acceptors (Lipinski definition) is 3. The first-order chi connectivity index (χ1) is 9.88. The summed E-state index contributed by atoms with van der Waals surface area (Å²) in [6.45, 7) is 2.25. The van der Waals surface area contributed by atoms with E-state index in [0.29, 0.717) is 12.0 Å². The van der Waals surface area contributed by atoms with Gasteiger partial charge in [0.25, 0.3) is 0 Å². The lowest BCUT2D eigenvalue weighted by atomic mass is 9.92. The highest BCUT2D eigenvalue weighted by Gasteiger charge is 2.28. The molecule has 3 rings (SSSR count). The summed E-state index contributed by atoms with van der Waals surface area (Å²) < 4.78 is 0. The molecular formula is C17H25NOS. The van der Waals surface area contributed by atoms with Gasteiger partial charge in [0.05, 0.1) is 6.61 Å². The zero-order chi connectivity index (χ0) is 13.8. The third-order valence-electron chi connectivity index (χ3n) is 4.73. The molecule has 1 saturated carbocycles. The van der Waals surface area contributed by atoms with Crippen molar-refractivity contribution in [2.75, 3.05) is 25.4 Å². The molecule has 1 fully saturated rings. The Morgan fingerprint density at radius 2 is 1.95 bits per heavy atom. The van der Waals surface area contributed by atoms with Crippen molar-refractivity contribution < 1.29 is 5.11 Å². The lowest BCUT2D eigenvalue weighted by Crippen LogP contribution is -2.41. The van der Waals surface area contributed by atoms with Gasteiger partial charge in [0.2, 0.25) is 0 Å². The second kappa shape index (κ2) is 6.97. The maximum absolute atomic E-state index is 9.39. The smallest absolute Gasteiger partial charge is 0.0558 e. The molecule has 0 spiro atoms. The van der Waals surface area contributed by atoms with Gasteiger partial charge in [-0.25, -0.2) is 0 Å². The molecule has 1 atom stereocenters. The maximum Gasteiger partial charge on any atom is 0.0558 e. The van der Waals surface area contributed by atoms with E-state index in [4.69, 9.17) is 0 Å². The summed E-state index contributed by atoms with van der Waals surface area (Å²) in [7, 11) is 0. The molecule has 0 bridgehead atoms. The van der Waals surface area contributed by atoms with Crippen LogP contribution in [0.3, 0.4) is 0 Å². The summed E-state index contributed by atoms with van der Waals surface area (Å²) >= 11 is 1.99. The average Bonchev–Trinajstić information content (AvgIpc) is 2.91. The minimum absolute atomic E-state index is 0.290. The minimum atomic E-state index is 0.290. The summed E-state index contributed by atoms with van der Waals surface area (Å²) in [6, 6.07) is 9.54. The van der Waals surface area contributed by atoms with Gasteiger partial charge in [-0.05, 0) is 24.5 Å². The van der Waals surface area contributed by atoms with Crippen LogP contribution in [0.1, 0.15) is 43.6 Å². The Morgan fingerprint density at radius 3 is 2.75 bits per heavy atom. The van der Waals surface area contributed by atoms with E-state index in [2.05, 4.69) is 29.2 Å². The molecule has 1 aromatic rings. The van der Waals surface area contributed by atoms with Crippen LogP contribution in [0.4, 0.5) is 0 Å². The van der Waals surface area contributed by atoms with Crippen LogP contribution >= 0.6 is 11.8 Å². The number of aliphatic hydroxyl groups is 1. The van der Waals surface area contributed by atoms with E-state index < -0.39 is 0 Å². The van der Waals surface area contributed by atoms with E-state index in [1.54, 1.807) is 0 Å². The highest BCUT2D eigenvalue weighted by atomic mass is 32.2. The summed E-state index contributed by atoms with van der Waals surface area (Å²) in [4.78, 5) is 4.03. The fourth-order valence-electron chi connectivity index (χ4n) is 3.66. The molecule has 0 aromatic heterocycles. The van der Waals surface area contributed by atoms with Gasteiger partial charge in [-0.3, -0.25) is 4.90 Å². The van der Waals surface area contributed by atoms with Gasteiger partial charge < -0.3 is 5.11 Å². The van der Waals surface area contributed by atoms with Crippen molar-refractivity contribution >= 4 is 11.8 Å². The van der Waals surface area contributed by atoms with E-state index in [9.17, 15) is 5.11 Å². The fourth-order valence-corrected chi connectivity index (χ4v) is 4.90. The molecule has 1 unspecified atom stereocenters. The molecule has 1 aliphatic heterocycles. The first-order valence-electron chi connectivity index (χ1n) is 7.95. The predicted molar refractivity (Wildman–Crippen MR) is 85.4 cm³/mol. The standard InChI is InChI=1S/C17H25NOS/c19-11-10-18(15-6-2-1-3-7-15)12-14-13-20-17-9-5-4-8-16(14)17/h4-5,8-9,14-15,19H,1-3,6-7,10-13H2. The van der Waals surface area contributed by atoms with Crippen LogP contribution in [0.15, 0.2) is 29.2 Å². The van der Waals surface area contributed by atoms with Crippen molar-refractivity contribution in [3.63, 3.8) is 0 Å². The quantitative estimate of drug-likeness (QED) is 0.898. The number of nitrogens with zero attached hydrogens (tertiary/aromatic N) is 1. The Balaban J connectivity index is 1.67. The molecule has 2 nitrogen and oxygen atoms in total. The van der Waals surface area contributed by atoms with Crippen molar-refractivity contribution in [2.24, 2.45) is 0 Å². The van der Waals surface area contributed by atoms with Crippen molar-refractivity contribution in [3.8, 4) is 0 Å². The van der Waals surface area contributed by atoms with Crippen molar-refractivity contribution in [1.82, 2.24) is 4.90 Å². The summed E-state index contributed by atoms with van der Waals surface area (Å²) in [5.41, 5.74) is 1.52. The minimum Gasteiger partial charge on any atom is -0.395 e. The van der Waals surface area contributed by atoms with Crippen molar-refractivity contribution in [2.45, 2.75) is 49.0 Å². The van der Waals surface area contributed by atoms with Gasteiger partial charge >= 0.3 is 0 Å². The zero-order valence-corrected chi connectivity index (χ0v) is 12.9. The first-order valence-corrected chi connectivity index (χ1v) is 8.93. The Morgan fingerprint density at radius 1 is 1.15 bits per heavy atom. The van der Waals surface area contributed by atoms with Gasteiger partial charge in [0.1, 0.15) is 0 Å². The predicted octanol–water partition coefficient (Wildman–Crippen LogP) is 3.50. The number of thioether (sulfide) groups is 1. The summed E-state index contributed by atoms with van der Waals surface area (Å²) in [6.07, 6.45) is 6.76. The Hall–Kier alpha value is -0.510. The second-order valence-electron chi connectivity index (χ2n) is 6.06. The van der Waals surface area contributed by atoms with Gasteiger partial charge in [-0.2, -0.15) is 0 Å². The Labute approximate surface area is 126 Å². The molecule has 1 N–H and O–H groups in total. The van der Waals surface area contributed by atoms with Crippen LogP contribution in [-0.4, -0.2) is 41.5 Å². The normalized spacial score (nSPS) is 23.2. The van der Waals surface area contributed by atoms with Crippen LogP contribution in [0, 0.1) is 0 Å². The van der Waals surface area contributed by atoms with Crippen LogP contribution in [-0.2, 0) is 0 Å². The lowest BCUT2D eigenvalue weighted by Gasteiger charge is -2.35.